The molecule has 5 nitrogen and oxygen atoms in total. The zero-order chi connectivity index (χ0) is 15.9. The van der Waals surface area contributed by atoms with Crippen LogP contribution >= 0.6 is 0 Å². The van der Waals surface area contributed by atoms with E-state index < -0.39 is 11.6 Å². The van der Waals surface area contributed by atoms with E-state index in [2.05, 4.69) is 0 Å². The normalized spacial score (nSPS) is 27.0. The average molecular weight is 305 g/mol. The summed E-state index contributed by atoms with van der Waals surface area (Å²) >= 11 is 0. The topological polar surface area (TPSA) is 89.4 Å². The summed E-state index contributed by atoms with van der Waals surface area (Å²) in [5.41, 5.74) is 11.5. The number of amides is 2. The molecule has 4 N–H and O–H groups in total. The first-order chi connectivity index (χ1) is 10.4. The number of carbonyl (C=O) groups is 2. The lowest BCUT2D eigenvalue weighted by molar-refractivity contribution is -0.122. The zero-order valence-corrected chi connectivity index (χ0v) is 12.3. The second-order valence-corrected chi connectivity index (χ2v) is 6.24. The summed E-state index contributed by atoms with van der Waals surface area (Å²) in [5.74, 6) is -0.831. The lowest BCUT2D eigenvalue weighted by atomic mass is 10.0. The molecule has 1 aromatic rings. The van der Waals surface area contributed by atoms with Crippen LogP contribution in [0.5, 0.6) is 0 Å². The number of alkyl halides is 1. The number of hydrogen-bond acceptors (Lipinski definition) is 3. The van der Waals surface area contributed by atoms with Crippen LogP contribution in [0.4, 0.5) is 10.1 Å². The molecule has 6 heteroatoms. The Labute approximate surface area is 128 Å². The Morgan fingerprint density at radius 2 is 2.18 bits per heavy atom. The summed E-state index contributed by atoms with van der Waals surface area (Å²) in [7, 11) is 0. The first kappa shape index (κ1) is 15.0. The maximum absolute atomic E-state index is 14.2. The van der Waals surface area contributed by atoms with Crippen LogP contribution < -0.4 is 16.4 Å². The number of nitrogens with zero attached hydrogens (tertiary/aromatic N) is 1. The van der Waals surface area contributed by atoms with Gasteiger partial charge in [0.1, 0.15) is 5.67 Å². The minimum absolute atomic E-state index is 0.0324. The van der Waals surface area contributed by atoms with Gasteiger partial charge in [-0.2, -0.15) is 0 Å². The Hall–Kier alpha value is -1.95. The van der Waals surface area contributed by atoms with Crippen molar-refractivity contribution in [2.75, 3.05) is 18.0 Å². The first-order valence-electron chi connectivity index (χ1n) is 7.57. The summed E-state index contributed by atoms with van der Waals surface area (Å²) in [5, 5.41) is 0. The van der Waals surface area contributed by atoms with Crippen molar-refractivity contribution >= 4 is 17.5 Å². The molecule has 118 valence electrons. The van der Waals surface area contributed by atoms with Crippen LogP contribution in [0.3, 0.4) is 0 Å². The molecule has 0 radical (unpaired) electrons. The third-order valence-electron chi connectivity index (χ3n) is 4.79. The van der Waals surface area contributed by atoms with Crippen LogP contribution in [-0.2, 0) is 11.2 Å². The lowest BCUT2D eigenvalue weighted by Gasteiger charge is -2.22. The fourth-order valence-electron chi connectivity index (χ4n) is 3.48. The highest BCUT2D eigenvalue weighted by Crippen LogP contribution is 2.40. The molecule has 2 amide bonds. The van der Waals surface area contributed by atoms with Crippen molar-refractivity contribution in [3.05, 3.63) is 29.3 Å². The summed E-state index contributed by atoms with van der Waals surface area (Å²) < 4.78 is 14.2. The Balaban J connectivity index is 1.79. The van der Waals surface area contributed by atoms with E-state index in [0.717, 1.165) is 11.3 Å². The van der Waals surface area contributed by atoms with Crippen LogP contribution in [0.1, 0.15) is 35.2 Å². The summed E-state index contributed by atoms with van der Waals surface area (Å²) in [6, 6.07) is 5.11. The standard InChI is InChI=1S/C16H20FN3O2/c17-16(9-18)5-3-12(8-16)15(22)20-6-4-10-7-11(14(19)21)1-2-13(10)20/h1-2,7,12H,3-6,8-9,18H2,(H2,19,21)/t12-,16-/m1/s1. The van der Waals surface area contributed by atoms with Crippen LogP contribution in [0.25, 0.3) is 0 Å². The van der Waals surface area contributed by atoms with Gasteiger partial charge in [0.25, 0.3) is 0 Å². The van der Waals surface area contributed by atoms with E-state index in [4.69, 9.17) is 11.5 Å². The molecule has 1 fully saturated rings. The Bertz CT molecular complexity index is 634. The molecule has 0 unspecified atom stereocenters. The quantitative estimate of drug-likeness (QED) is 0.877. The van der Waals surface area contributed by atoms with Gasteiger partial charge in [-0.15, -0.1) is 0 Å². The van der Waals surface area contributed by atoms with Crippen molar-refractivity contribution in [1.29, 1.82) is 0 Å². The molecule has 3 rings (SSSR count). The largest absolute Gasteiger partial charge is 0.366 e. The molecule has 1 heterocycles. The maximum atomic E-state index is 14.2. The Kier molecular flexibility index (Phi) is 3.64. The van der Waals surface area contributed by atoms with Gasteiger partial charge in [0.05, 0.1) is 0 Å². The smallest absolute Gasteiger partial charge is 0.248 e. The number of anilines is 1. The second-order valence-electron chi connectivity index (χ2n) is 6.24. The number of fused-ring (bicyclic) bond motifs is 1. The monoisotopic (exact) mass is 305 g/mol. The van der Waals surface area contributed by atoms with Gasteiger partial charge in [-0.05, 0) is 49.4 Å². The highest BCUT2D eigenvalue weighted by atomic mass is 19.1. The Morgan fingerprint density at radius 1 is 1.41 bits per heavy atom. The van der Waals surface area contributed by atoms with Crippen LogP contribution in [0.15, 0.2) is 18.2 Å². The van der Waals surface area contributed by atoms with Crippen molar-refractivity contribution in [3.63, 3.8) is 0 Å². The molecule has 1 aliphatic heterocycles. The predicted molar refractivity (Wildman–Crippen MR) is 81.3 cm³/mol. The van der Waals surface area contributed by atoms with E-state index >= 15 is 0 Å². The van der Waals surface area contributed by atoms with Gasteiger partial charge in [0.15, 0.2) is 0 Å². The average Bonchev–Trinajstić information content (AvgIpc) is 3.10. The minimum Gasteiger partial charge on any atom is -0.366 e. The van der Waals surface area contributed by atoms with E-state index in [1.54, 1.807) is 23.1 Å². The van der Waals surface area contributed by atoms with Gasteiger partial charge in [-0.3, -0.25) is 9.59 Å². The van der Waals surface area contributed by atoms with Gasteiger partial charge in [-0.1, -0.05) is 0 Å². The molecule has 2 atom stereocenters. The first-order valence-corrected chi connectivity index (χ1v) is 7.57. The van der Waals surface area contributed by atoms with E-state index in [1.807, 2.05) is 0 Å². The molecular weight excluding hydrogens is 285 g/mol. The van der Waals surface area contributed by atoms with Gasteiger partial charge >= 0.3 is 0 Å². The molecule has 22 heavy (non-hydrogen) atoms. The molecule has 1 aromatic carbocycles. The SMILES string of the molecule is NC[C@@]1(F)CC[C@@H](C(=O)N2CCc3cc(C(N)=O)ccc32)C1. The zero-order valence-electron chi connectivity index (χ0n) is 12.3. The number of nitrogens with two attached hydrogens (primary N) is 2. The maximum Gasteiger partial charge on any atom is 0.248 e. The van der Waals surface area contributed by atoms with Gasteiger partial charge in [0.2, 0.25) is 11.8 Å². The number of halogens is 1. The molecule has 0 aromatic heterocycles. The molecule has 0 saturated heterocycles. The third kappa shape index (κ3) is 2.47. The number of primary amides is 1. The number of carbonyl (C=O) groups excluding carboxylic acids is 2. The molecule has 0 spiro atoms. The van der Waals surface area contributed by atoms with Crippen molar-refractivity contribution < 1.29 is 14.0 Å². The molecule has 1 saturated carbocycles. The predicted octanol–water partition coefficient (Wildman–Crippen LogP) is 1.14. The summed E-state index contributed by atoms with van der Waals surface area (Å²) in [4.78, 5) is 25.6. The third-order valence-corrected chi connectivity index (χ3v) is 4.79. The second kappa shape index (κ2) is 5.35. The number of rotatable bonds is 3. The van der Waals surface area contributed by atoms with Gasteiger partial charge in [-0.25, -0.2) is 4.39 Å². The molecular formula is C16H20FN3O2. The molecule has 2 aliphatic rings. The van der Waals surface area contributed by atoms with Crippen molar-refractivity contribution in [2.24, 2.45) is 17.4 Å². The van der Waals surface area contributed by atoms with E-state index in [1.165, 1.54) is 0 Å². The molecule has 1 aliphatic carbocycles. The van der Waals surface area contributed by atoms with Crippen LogP contribution in [0.2, 0.25) is 0 Å². The Morgan fingerprint density at radius 3 is 2.82 bits per heavy atom. The van der Waals surface area contributed by atoms with E-state index in [0.29, 0.717) is 31.4 Å². The highest BCUT2D eigenvalue weighted by Gasteiger charge is 2.43. The van der Waals surface area contributed by atoms with Crippen molar-refractivity contribution in [1.82, 2.24) is 0 Å². The van der Waals surface area contributed by atoms with E-state index in [9.17, 15) is 14.0 Å². The van der Waals surface area contributed by atoms with Crippen LogP contribution in [-0.4, -0.2) is 30.6 Å². The minimum atomic E-state index is -1.40. The fraction of sp³-hybridized carbons (Fsp3) is 0.500. The van der Waals surface area contributed by atoms with Gasteiger partial charge < -0.3 is 16.4 Å². The van der Waals surface area contributed by atoms with Crippen molar-refractivity contribution in [2.45, 2.75) is 31.4 Å². The van der Waals surface area contributed by atoms with E-state index in [-0.39, 0.29) is 24.8 Å². The summed E-state index contributed by atoms with van der Waals surface area (Å²) in [6.07, 6.45) is 1.78. The lowest BCUT2D eigenvalue weighted by Crippen LogP contribution is -2.36. The van der Waals surface area contributed by atoms with Gasteiger partial charge in [0, 0.05) is 30.3 Å². The van der Waals surface area contributed by atoms with Crippen LogP contribution in [0, 0.1) is 5.92 Å². The molecule has 0 bridgehead atoms. The number of benzene rings is 1. The highest BCUT2D eigenvalue weighted by molar-refractivity contribution is 5.99. The fourth-order valence-corrected chi connectivity index (χ4v) is 3.48. The van der Waals surface area contributed by atoms with Crippen molar-refractivity contribution in [3.8, 4) is 0 Å². The summed E-state index contributed by atoms with van der Waals surface area (Å²) in [6.45, 7) is 0.532. The number of hydrogen-bond donors (Lipinski definition) is 2.